The van der Waals surface area contributed by atoms with Crippen molar-refractivity contribution in [2.75, 3.05) is 13.1 Å². The van der Waals surface area contributed by atoms with Crippen molar-refractivity contribution in [3.8, 4) is 0 Å². The summed E-state index contributed by atoms with van der Waals surface area (Å²) in [5.41, 5.74) is 0.272. The Morgan fingerprint density at radius 2 is 1.95 bits per heavy atom. The molecule has 0 radical (unpaired) electrons. The van der Waals surface area contributed by atoms with Gasteiger partial charge in [-0.2, -0.15) is 0 Å². The second-order valence-corrected chi connectivity index (χ2v) is 6.67. The second kappa shape index (κ2) is 6.24. The summed E-state index contributed by atoms with van der Waals surface area (Å²) in [6.45, 7) is 1.55. The third kappa shape index (κ3) is 2.95. The zero-order valence-corrected chi connectivity index (χ0v) is 13.1. The van der Waals surface area contributed by atoms with E-state index < -0.39 is 4.92 Å². The number of rotatable bonds is 2. The fraction of sp³-hybridized carbons (Fsp3) is 0.562. The van der Waals surface area contributed by atoms with Gasteiger partial charge in [0.1, 0.15) is 0 Å². The molecule has 1 saturated heterocycles. The summed E-state index contributed by atoms with van der Waals surface area (Å²) in [6.07, 6.45) is 6.10. The first-order valence-corrected chi connectivity index (χ1v) is 8.17. The van der Waals surface area contributed by atoms with Crippen LogP contribution in [0.5, 0.6) is 0 Å². The van der Waals surface area contributed by atoms with E-state index in [1.54, 1.807) is 0 Å². The molecule has 22 heavy (non-hydrogen) atoms. The van der Waals surface area contributed by atoms with Crippen molar-refractivity contribution in [3.63, 3.8) is 0 Å². The Morgan fingerprint density at radius 1 is 1.23 bits per heavy atom. The first kappa shape index (κ1) is 15.3. The Hall–Kier alpha value is -1.62. The number of halogens is 1. The lowest BCUT2D eigenvalue weighted by Crippen LogP contribution is -2.44. The van der Waals surface area contributed by atoms with Gasteiger partial charge in [-0.1, -0.05) is 30.9 Å². The van der Waals surface area contributed by atoms with Crippen LogP contribution in [0.25, 0.3) is 0 Å². The summed E-state index contributed by atoms with van der Waals surface area (Å²) in [7, 11) is 0. The summed E-state index contributed by atoms with van der Waals surface area (Å²) < 4.78 is 0. The van der Waals surface area contributed by atoms with Crippen molar-refractivity contribution in [1.29, 1.82) is 0 Å². The molecule has 1 aromatic carbocycles. The molecule has 1 aromatic rings. The summed E-state index contributed by atoms with van der Waals surface area (Å²) in [5, 5.41) is 10.9. The number of nitro groups is 1. The van der Waals surface area contributed by atoms with Crippen LogP contribution < -0.4 is 0 Å². The van der Waals surface area contributed by atoms with Gasteiger partial charge in [0, 0.05) is 25.2 Å². The number of non-ortho nitro benzene ring substituents is 1. The number of fused-ring (bicyclic) bond motifs is 1. The predicted octanol–water partition coefficient (Wildman–Crippen LogP) is 3.90. The van der Waals surface area contributed by atoms with Crippen LogP contribution in [0.2, 0.25) is 5.02 Å². The lowest BCUT2D eigenvalue weighted by Gasteiger charge is -2.41. The molecule has 1 amide bonds. The quantitative estimate of drug-likeness (QED) is 0.612. The molecule has 0 N–H and O–H groups in total. The van der Waals surface area contributed by atoms with E-state index in [0.29, 0.717) is 11.5 Å². The number of amides is 1. The van der Waals surface area contributed by atoms with E-state index in [-0.39, 0.29) is 16.6 Å². The van der Waals surface area contributed by atoms with Gasteiger partial charge in [-0.05, 0) is 30.7 Å². The second-order valence-electron chi connectivity index (χ2n) is 6.27. The zero-order valence-electron chi connectivity index (χ0n) is 12.3. The first-order valence-electron chi connectivity index (χ1n) is 7.79. The van der Waals surface area contributed by atoms with Gasteiger partial charge in [-0.3, -0.25) is 14.9 Å². The Labute approximate surface area is 134 Å². The minimum absolute atomic E-state index is 0.0902. The molecule has 6 heteroatoms. The minimum atomic E-state index is -0.506. The van der Waals surface area contributed by atoms with Crippen molar-refractivity contribution in [2.45, 2.75) is 32.1 Å². The fourth-order valence-corrected chi connectivity index (χ4v) is 4.00. The molecule has 2 aliphatic rings. The smallest absolute Gasteiger partial charge is 0.270 e. The van der Waals surface area contributed by atoms with Crippen molar-refractivity contribution in [1.82, 2.24) is 4.90 Å². The number of carbonyl (C=O) groups is 1. The molecule has 5 nitrogen and oxygen atoms in total. The van der Waals surface area contributed by atoms with E-state index >= 15 is 0 Å². The van der Waals surface area contributed by atoms with Crippen molar-refractivity contribution < 1.29 is 9.72 Å². The molecule has 1 aliphatic carbocycles. The topological polar surface area (TPSA) is 63.4 Å². The predicted molar refractivity (Wildman–Crippen MR) is 84.1 cm³/mol. The van der Waals surface area contributed by atoms with E-state index in [0.717, 1.165) is 25.4 Å². The average Bonchev–Trinajstić information content (AvgIpc) is 2.53. The maximum atomic E-state index is 12.6. The highest BCUT2D eigenvalue weighted by atomic mass is 35.5. The van der Waals surface area contributed by atoms with E-state index in [9.17, 15) is 14.9 Å². The molecule has 2 atom stereocenters. The molecular formula is C16H19ClN2O3. The van der Waals surface area contributed by atoms with Gasteiger partial charge in [0.05, 0.1) is 15.5 Å². The number of piperidine rings is 1. The van der Waals surface area contributed by atoms with Gasteiger partial charge >= 0.3 is 0 Å². The Balaban J connectivity index is 1.75. The first-order chi connectivity index (χ1) is 10.6. The Morgan fingerprint density at radius 3 is 2.64 bits per heavy atom. The molecule has 0 aromatic heterocycles. The minimum Gasteiger partial charge on any atom is -0.338 e. The SMILES string of the molecule is O=C(c1ccc([N+](=O)[O-])cc1Cl)N1CC[C@H]2CCCC[C@@H]2C1. The molecule has 0 bridgehead atoms. The summed E-state index contributed by atoms with van der Waals surface area (Å²) in [5.74, 6) is 1.25. The van der Waals surface area contributed by atoms with Crippen LogP contribution in [0.15, 0.2) is 18.2 Å². The number of carbonyl (C=O) groups excluding carboxylic acids is 1. The summed E-state index contributed by atoms with van der Waals surface area (Å²) in [6, 6.07) is 4.06. The highest BCUT2D eigenvalue weighted by molar-refractivity contribution is 6.34. The molecule has 3 rings (SSSR count). The molecule has 2 fully saturated rings. The molecule has 1 heterocycles. The van der Waals surface area contributed by atoms with E-state index in [1.165, 1.54) is 43.9 Å². The van der Waals surface area contributed by atoms with Gasteiger partial charge in [0.15, 0.2) is 0 Å². The van der Waals surface area contributed by atoms with E-state index in [2.05, 4.69) is 0 Å². The standard InChI is InChI=1S/C16H19ClN2O3/c17-15-9-13(19(21)22)5-6-14(15)16(20)18-8-7-11-3-1-2-4-12(11)10-18/h5-6,9,11-12H,1-4,7-8,10H2/t11-,12-/m1/s1. The maximum absolute atomic E-state index is 12.6. The number of likely N-dealkylation sites (tertiary alicyclic amines) is 1. The Kier molecular flexibility index (Phi) is 4.34. The van der Waals surface area contributed by atoms with Crippen LogP contribution >= 0.6 is 11.6 Å². The van der Waals surface area contributed by atoms with Crippen LogP contribution in [0.4, 0.5) is 5.69 Å². The largest absolute Gasteiger partial charge is 0.338 e. The Bertz CT molecular complexity index is 605. The molecule has 1 aliphatic heterocycles. The molecule has 0 unspecified atom stereocenters. The van der Waals surface area contributed by atoms with Crippen LogP contribution in [0.1, 0.15) is 42.5 Å². The van der Waals surface area contributed by atoms with Gasteiger partial charge in [0.25, 0.3) is 11.6 Å². The zero-order chi connectivity index (χ0) is 15.7. The van der Waals surface area contributed by atoms with Crippen molar-refractivity contribution >= 4 is 23.2 Å². The van der Waals surface area contributed by atoms with Crippen LogP contribution in [0, 0.1) is 22.0 Å². The van der Waals surface area contributed by atoms with Crippen LogP contribution in [0.3, 0.4) is 0 Å². The molecular weight excluding hydrogens is 304 g/mol. The fourth-order valence-electron chi connectivity index (χ4n) is 3.75. The lowest BCUT2D eigenvalue weighted by molar-refractivity contribution is -0.384. The molecule has 0 spiro atoms. The number of nitrogens with zero attached hydrogens (tertiary/aromatic N) is 2. The van der Waals surface area contributed by atoms with Crippen molar-refractivity contribution in [3.05, 3.63) is 38.9 Å². The molecule has 118 valence electrons. The van der Waals surface area contributed by atoms with Gasteiger partial charge < -0.3 is 4.90 Å². The third-order valence-electron chi connectivity index (χ3n) is 4.97. The highest BCUT2D eigenvalue weighted by Crippen LogP contribution is 2.36. The number of hydrogen-bond donors (Lipinski definition) is 0. The van der Waals surface area contributed by atoms with Gasteiger partial charge in [0.2, 0.25) is 0 Å². The average molecular weight is 323 g/mol. The monoisotopic (exact) mass is 322 g/mol. The van der Waals surface area contributed by atoms with Gasteiger partial charge in [-0.15, -0.1) is 0 Å². The summed E-state index contributed by atoms with van der Waals surface area (Å²) in [4.78, 5) is 24.7. The van der Waals surface area contributed by atoms with Crippen LogP contribution in [-0.2, 0) is 0 Å². The normalized spacial score (nSPS) is 24.7. The third-order valence-corrected chi connectivity index (χ3v) is 5.29. The number of benzene rings is 1. The maximum Gasteiger partial charge on any atom is 0.270 e. The number of nitro benzene ring substituents is 1. The summed E-state index contributed by atoms with van der Waals surface area (Å²) >= 11 is 6.07. The lowest BCUT2D eigenvalue weighted by atomic mass is 9.75. The van der Waals surface area contributed by atoms with Crippen LogP contribution in [-0.4, -0.2) is 28.8 Å². The highest BCUT2D eigenvalue weighted by Gasteiger charge is 2.33. The van der Waals surface area contributed by atoms with E-state index in [1.807, 2.05) is 4.90 Å². The number of hydrogen-bond acceptors (Lipinski definition) is 3. The molecule has 1 saturated carbocycles. The van der Waals surface area contributed by atoms with Gasteiger partial charge in [-0.25, -0.2) is 0 Å². The van der Waals surface area contributed by atoms with E-state index in [4.69, 9.17) is 11.6 Å². The van der Waals surface area contributed by atoms with Crippen molar-refractivity contribution in [2.24, 2.45) is 11.8 Å².